The maximum Gasteiger partial charge on any atom is 0.259 e. The molecule has 7 nitrogen and oxygen atoms in total. The van der Waals surface area contributed by atoms with Crippen LogP contribution in [-0.2, 0) is 6.54 Å². The van der Waals surface area contributed by atoms with Crippen LogP contribution in [0.2, 0.25) is 0 Å². The van der Waals surface area contributed by atoms with Crippen molar-refractivity contribution in [2.45, 2.75) is 20.4 Å². The SMILES string of the molecule is COc1ccc(Cn2nc(C)c(NC(=O)c3ccccc3OC)c2C)cc1OC. The molecular weight excluding hydrogens is 370 g/mol. The van der Waals surface area contributed by atoms with Crippen LogP contribution in [0.15, 0.2) is 42.5 Å². The Morgan fingerprint density at radius 3 is 2.34 bits per heavy atom. The highest BCUT2D eigenvalue weighted by molar-refractivity contribution is 6.06. The number of nitrogens with zero attached hydrogens (tertiary/aromatic N) is 2. The van der Waals surface area contributed by atoms with Gasteiger partial charge in [0, 0.05) is 0 Å². The van der Waals surface area contributed by atoms with Crippen LogP contribution in [0.4, 0.5) is 5.69 Å². The third-order valence-electron chi connectivity index (χ3n) is 4.75. The van der Waals surface area contributed by atoms with Crippen LogP contribution >= 0.6 is 0 Å². The van der Waals surface area contributed by atoms with Crippen LogP contribution in [0.5, 0.6) is 17.2 Å². The Labute approximate surface area is 170 Å². The number of amides is 1. The van der Waals surface area contributed by atoms with Crippen molar-refractivity contribution in [1.82, 2.24) is 9.78 Å². The molecule has 0 saturated carbocycles. The van der Waals surface area contributed by atoms with Crippen LogP contribution in [0, 0.1) is 13.8 Å². The van der Waals surface area contributed by atoms with Crippen molar-refractivity contribution in [3.8, 4) is 17.2 Å². The number of carbonyl (C=O) groups is 1. The van der Waals surface area contributed by atoms with Gasteiger partial charge in [-0.3, -0.25) is 9.48 Å². The number of nitrogens with one attached hydrogen (secondary N) is 1. The molecule has 0 atom stereocenters. The number of hydrogen-bond acceptors (Lipinski definition) is 5. The fourth-order valence-corrected chi connectivity index (χ4v) is 3.20. The summed E-state index contributed by atoms with van der Waals surface area (Å²) in [6.45, 7) is 4.34. The van der Waals surface area contributed by atoms with Gasteiger partial charge < -0.3 is 19.5 Å². The van der Waals surface area contributed by atoms with Crippen LogP contribution in [-0.4, -0.2) is 37.0 Å². The minimum atomic E-state index is -0.237. The second-order valence-electron chi connectivity index (χ2n) is 6.55. The maximum absolute atomic E-state index is 12.8. The fourth-order valence-electron chi connectivity index (χ4n) is 3.20. The largest absolute Gasteiger partial charge is 0.496 e. The first-order chi connectivity index (χ1) is 14.0. The molecule has 0 aliphatic heterocycles. The summed E-state index contributed by atoms with van der Waals surface area (Å²) in [7, 11) is 4.76. The Kier molecular flexibility index (Phi) is 6.07. The standard InChI is InChI=1S/C22H25N3O4/c1-14-21(23-22(26)17-8-6-7-9-18(17)27-3)15(2)25(24-14)13-16-10-11-19(28-4)20(12-16)29-5/h6-12H,13H2,1-5H3,(H,23,26). The molecule has 3 aromatic rings. The van der Waals surface area contributed by atoms with E-state index in [1.54, 1.807) is 39.5 Å². The third kappa shape index (κ3) is 4.18. The molecule has 1 N–H and O–H groups in total. The van der Waals surface area contributed by atoms with Crippen LogP contribution < -0.4 is 19.5 Å². The summed E-state index contributed by atoms with van der Waals surface area (Å²) in [6.07, 6.45) is 0. The first-order valence-corrected chi connectivity index (χ1v) is 9.17. The average molecular weight is 395 g/mol. The van der Waals surface area contributed by atoms with E-state index in [1.807, 2.05) is 42.8 Å². The summed E-state index contributed by atoms with van der Waals surface area (Å²) in [5, 5.41) is 7.56. The summed E-state index contributed by atoms with van der Waals surface area (Å²) in [4.78, 5) is 12.8. The average Bonchev–Trinajstić information content (AvgIpc) is 3.00. The number of benzene rings is 2. The molecular formula is C22H25N3O4. The van der Waals surface area contributed by atoms with Crippen LogP contribution in [0.1, 0.15) is 27.3 Å². The van der Waals surface area contributed by atoms with Crippen LogP contribution in [0.3, 0.4) is 0 Å². The third-order valence-corrected chi connectivity index (χ3v) is 4.75. The maximum atomic E-state index is 12.8. The molecule has 29 heavy (non-hydrogen) atoms. The van der Waals surface area contributed by atoms with Gasteiger partial charge in [-0.25, -0.2) is 0 Å². The molecule has 3 rings (SSSR count). The zero-order chi connectivity index (χ0) is 21.0. The van der Waals surface area contributed by atoms with Crippen molar-refractivity contribution in [2.24, 2.45) is 0 Å². The lowest BCUT2D eigenvalue weighted by molar-refractivity contribution is 0.102. The van der Waals surface area contributed by atoms with Crippen molar-refractivity contribution >= 4 is 11.6 Å². The summed E-state index contributed by atoms with van der Waals surface area (Å²) < 4.78 is 17.8. The first kappa shape index (κ1) is 20.3. The van der Waals surface area contributed by atoms with Crippen molar-refractivity contribution in [2.75, 3.05) is 26.6 Å². The number of anilines is 1. The highest BCUT2D eigenvalue weighted by Gasteiger charge is 2.18. The van der Waals surface area contributed by atoms with E-state index in [9.17, 15) is 4.79 Å². The Balaban J connectivity index is 1.84. The minimum Gasteiger partial charge on any atom is -0.496 e. The van der Waals surface area contributed by atoms with Gasteiger partial charge in [-0.15, -0.1) is 0 Å². The molecule has 0 saturated heterocycles. The number of methoxy groups -OCH3 is 3. The lowest BCUT2D eigenvalue weighted by Gasteiger charge is -2.11. The number of aromatic nitrogens is 2. The van der Waals surface area contributed by atoms with Gasteiger partial charge in [-0.1, -0.05) is 18.2 Å². The molecule has 0 spiro atoms. The molecule has 1 heterocycles. The summed E-state index contributed by atoms with van der Waals surface area (Å²) >= 11 is 0. The number of aryl methyl sites for hydroxylation is 1. The highest BCUT2D eigenvalue weighted by Crippen LogP contribution is 2.29. The minimum absolute atomic E-state index is 0.237. The van der Waals surface area contributed by atoms with Gasteiger partial charge in [0.15, 0.2) is 11.5 Å². The lowest BCUT2D eigenvalue weighted by atomic mass is 10.1. The fraction of sp³-hybridized carbons (Fsp3) is 0.273. The van der Waals surface area contributed by atoms with Crippen molar-refractivity contribution in [3.63, 3.8) is 0 Å². The molecule has 0 aliphatic rings. The van der Waals surface area contributed by atoms with E-state index in [4.69, 9.17) is 14.2 Å². The van der Waals surface area contributed by atoms with Crippen molar-refractivity contribution in [3.05, 3.63) is 65.0 Å². The molecule has 7 heteroatoms. The van der Waals surface area contributed by atoms with Gasteiger partial charge in [-0.2, -0.15) is 5.10 Å². The highest BCUT2D eigenvalue weighted by atomic mass is 16.5. The Morgan fingerprint density at radius 1 is 0.966 bits per heavy atom. The van der Waals surface area contributed by atoms with E-state index < -0.39 is 0 Å². The molecule has 0 aliphatic carbocycles. The summed E-state index contributed by atoms with van der Waals surface area (Å²) in [6, 6.07) is 12.9. The van der Waals surface area contributed by atoms with E-state index >= 15 is 0 Å². The van der Waals surface area contributed by atoms with Gasteiger partial charge in [-0.05, 0) is 43.7 Å². The number of rotatable bonds is 7. The molecule has 1 aromatic heterocycles. The Bertz CT molecular complexity index is 1030. The summed E-state index contributed by atoms with van der Waals surface area (Å²) in [5.74, 6) is 1.63. The van der Waals surface area contributed by atoms with Crippen molar-refractivity contribution in [1.29, 1.82) is 0 Å². The molecule has 0 fully saturated rings. The Morgan fingerprint density at radius 2 is 1.66 bits per heavy atom. The predicted molar refractivity (Wildman–Crippen MR) is 111 cm³/mol. The second kappa shape index (κ2) is 8.68. The molecule has 0 bridgehead atoms. The predicted octanol–water partition coefficient (Wildman–Crippen LogP) is 3.83. The quantitative estimate of drug-likeness (QED) is 0.658. The summed E-state index contributed by atoms with van der Waals surface area (Å²) in [5.41, 5.74) is 3.78. The topological polar surface area (TPSA) is 74.6 Å². The molecule has 0 unspecified atom stereocenters. The number of para-hydroxylation sites is 1. The van der Waals surface area contributed by atoms with E-state index in [0.29, 0.717) is 35.0 Å². The normalized spacial score (nSPS) is 10.5. The lowest BCUT2D eigenvalue weighted by Crippen LogP contribution is -2.14. The smallest absolute Gasteiger partial charge is 0.259 e. The monoisotopic (exact) mass is 395 g/mol. The van der Waals surface area contributed by atoms with Crippen molar-refractivity contribution < 1.29 is 19.0 Å². The van der Waals surface area contributed by atoms with Gasteiger partial charge in [0.25, 0.3) is 5.91 Å². The Hall–Kier alpha value is -3.48. The molecule has 1 amide bonds. The molecule has 2 aromatic carbocycles. The van der Waals surface area contributed by atoms with E-state index in [0.717, 1.165) is 17.0 Å². The zero-order valence-corrected chi connectivity index (χ0v) is 17.3. The zero-order valence-electron chi connectivity index (χ0n) is 17.3. The van der Waals surface area contributed by atoms with Gasteiger partial charge in [0.1, 0.15) is 5.75 Å². The van der Waals surface area contributed by atoms with Gasteiger partial charge in [0.2, 0.25) is 0 Å². The molecule has 0 radical (unpaired) electrons. The first-order valence-electron chi connectivity index (χ1n) is 9.17. The number of ether oxygens (including phenoxy) is 3. The second-order valence-corrected chi connectivity index (χ2v) is 6.55. The van der Waals surface area contributed by atoms with E-state index in [2.05, 4.69) is 10.4 Å². The van der Waals surface area contributed by atoms with Gasteiger partial charge >= 0.3 is 0 Å². The van der Waals surface area contributed by atoms with Crippen LogP contribution in [0.25, 0.3) is 0 Å². The molecule has 152 valence electrons. The number of hydrogen-bond donors (Lipinski definition) is 1. The van der Waals surface area contributed by atoms with E-state index in [-0.39, 0.29) is 5.91 Å². The van der Waals surface area contributed by atoms with Gasteiger partial charge in [0.05, 0.1) is 50.5 Å². The van der Waals surface area contributed by atoms with E-state index in [1.165, 1.54) is 0 Å². The number of carbonyl (C=O) groups excluding carboxylic acids is 1.